The van der Waals surface area contributed by atoms with Crippen molar-refractivity contribution in [1.82, 2.24) is 4.98 Å². The Morgan fingerprint density at radius 1 is 1.26 bits per heavy atom. The standard InChI is InChI=1S/C16H15N3O3S/c17-10-12-7-8-13(11-18-12)23(21,22)19-9-3-6-16(20)14-4-1-2-5-15(14)19/h1-2,4-5,7-8,11,16,20H,3,6,9H2. The number of sulfonamides is 1. The lowest BCUT2D eigenvalue weighted by Gasteiger charge is -2.24. The van der Waals surface area contributed by atoms with Crippen molar-refractivity contribution in [2.75, 3.05) is 10.8 Å². The molecule has 2 aromatic rings. The Bertz CT molecular complexity index is 857. The van der Waals surface area contributed by atoms with Gasteiger partial charge in [-0.15, -0.1) is 0 Å². The Hall–Kier alpha value is -2.43. The monoisotopic (exact) mass is 329 g/mol. The molecule has 3 rings (SSSR count). The molecule has 1 aliphatic heterocycles. The minimum Gasteiger partial charge on any atom is -0.388 e. The van der Waals surface area contributed by atoms with Gasteiger partial charge in [-0.25, -0.2) is 13.4 Å². The lowest BCUT2D eigenvalue weighted by atomic mass is 10.1. The summed E-state index contributed by atoms with van der Waals surface area (Å²) in [5, 5.41) is 19.0. The molecule has 0 bridgehead atoms. The van der Waals surface area contributed by atoms with Crippen LogP contribution in [-0.4, -0.2) is 25.1 Å². The number of nitriles is 1. The van der Waals surface area contributed by atoms with E-state index in [-0.39, 0.29) is 17.1 Å². The number of aromatic nitrogens is 1. The predicted molar refractivity (Wildman–Crippen MR) is 84.1 cm³/mol. The van der Waals surface area contributed by atoms with Gasteiger partial charge in [-0.2, -0.15) is 5.26 Å². The first-order valence-corrected chi connectivity index (χ1v) is 8.64. The molecule has 0 spiro atoms. The Kier molecular flexibility index (Phi) is 4.03. The number of aliphatic hydroxyl groups is 1. The van der Waals surface area contributed by atoms with Crippen LogP contribution in [0.4, 0.5) is 5.69 Å². The second kappa shape index (κ2) is 5.99. The Morgan fingerprint density at radius 3 is 2.74 bits per heavy atom. The number of hydrogen-bond acceptors (Lipinski definition) is 5. The lowest BCUT2D eigenvalue weighted by molar-refractivity contribution is 0.168. The van der Waals surface area contributed by atoms with Crippen molar-refractivity contribution in [1.29, 1.82) is 5.26 Å². The quantitative estimate of drug-likeness (QED) is 0.909. The number of fused-ring (bicyclic) bond motifs is 1. The third-order valence-corrected chi connectivity index (χ3v) is 5.64. The molecule has 1 aromatic carbocycles. The van der Waals surface area contributed by atoms with Gasteiger partial charge in [0.2, 0.25) is 0 Å². The fourth-order valence-corrected chi connectivity index (χ4v) is 4.15. The summed E-state index contributed by atoms with van der Waals surface area (Å²) in [6, 6.07) is 11.6. The Labute approximate surface area is 134 Å². The van der Waals surface area contributed by atoms with Gasteiger partial charge in [0, 0.05) is 18.3 Å². The lowest BCUT2D eigenvalue weighted by Crippen LogP contribution is -2.32. The zero-order valence-electron chi connectivity index (χ0n) is 12.3. The van der Waals surface area contributed by atoms with E-state index in [0.717, 1.165) is 0 Å². The van der Waals surface area contributed by atoms with Gasteiger partial charge in [-0.05, 0) is 31.0 Å². The third-order valence-electron chi connectivity index (χ3n) is 3.84. The maximum Gasteiger partial charge on any atom is 0.265 e. The highest BCUT2D eigenvalue weighted by Crippen LogP contribution is 2.35. The van der Waals surface area contributed by atoms with Crippen LogP contribution in [0.3, 0.4) is 0 Å². The van der Waals surface area contributed by atoms with Crippen molar-refractivity contribution >= 4 is 15.7 Å². The van der Waals surface area contributed by atoms with Crippen LogP contribution in [0, 0.1) is 11.3 Å². The van der Waals surface area contributed by atoms with Crippen LogP contribution in [0.5, 0.6) is 0 Å². The van der Waals surface area contributed by atoms with Crippen LogP contribution in [0.25, 0.3) is 0 Å². The van der Waals surface area contributed by atoms with E-state index in [2.05, 4.69) is 4.98 Å². The van der Waals surface area contributed by atoms with Gasteiger partial charge in [0.05, 0.1) is 11.8 Å². The summed E-state index contributed by atoms with van der Waals surface area (Å²) in [5.41, 5.74) is 1.26. The van der Waals surface area contributed by atoms with Crippen LogP contribution >= 0.6 is 0 Å². The van der Waals surface area contributed by atoms with E-state index in [1.165, 1.54) is 22.6 Å². The number of aliphatic hydroxyl groups excluding tert-OH is 1. The maximum atomic E-state index is 12.9. The number of para-hydroxylation sites is 1. The SMILES string of the molecule is N#Cc1ccc(S(=O)(=O)N2CCCC(O)c3ccccc32)cn1. The highest BCUT2D eigenvalue weighted by atomic mass is 32.2. The first-order valence-electron chi connectivity index (χ1n) is 7.20. The van der Waals surface area contributed by atoms with Crippen molar-refractivity contribution < 1.29 is 13.5 Å². The van der Waals surface area contributed by atoms with E-state index in [0.29, 0.717) is 24.1 Å². The fraction of sp³-hybridized carbons (Fsp3) is 0.250. The molecule has 0 saturated heterocycles. The second-order valence-electron chi connectivity index (χ2n) is 5.28. The van der Waals surface area contributed by atoms with Gasteiger partial charge in [0.15, 0.2) is 0 Å². The summed E-state index contributed by atoms with van der Waals surface area (Å²) in [4.78, 5) is 3.87. The van der Waals surface area contributed by atoms with Gasteiger partial charge >= 0.3 is 0 Å². The van der Waals surface area contributed by atoms with Crippen LogP contribution in [0.1, 0.15) is 30.2 Å². The van der Waals surface area contributed by atoms with Crippen molar-refractivity contribution in [2.24, 2.45) is 0 Å². The molecule has 0 radical (unpaired) electrons. The molecular formula is C16H15N3O3S. The summed E-state index contributed by atoms with van der Waals surface area (Å²) in [5.74, 6) is 0. The highest BCUT2D eigenvalue weighted by molar-refractivity contribution is 7.92. The van der Waals surface area contributed by atoms with Gasteiger partial charge in [-0.3, -0.25) is 4.31 Å². The Morgan fingerprint density at radius 2 is 2.04 bits per heavy atom. The molecule has 23 heavy (non-hydrogen) atoms. The summed E-state index contributed by atoms with van der Waals surface area (Å²) >= 11 is 0. The summed E-state index contributed by atoms with van der Waals surface area (Å²) in [6.07, 6.45) is 1.58. The molecule has 1 unspecified atom stereocenters. The van der Waals surface area contributed by atoms with Gasteiger partial charge in [0.1, 0.15) is 16.7 Å². The molecule has 7 heteroatoms. The average molecular weight is 329 g/mol. The first-order chi connectivity index (χ1) is 11.0. The van der Waals surface area contributed by atoms with Crippen molar-refractivity contribution in [3.63, 3.8) is 0 Å². The normalized spacial score (nSPS) is 17.9. The summed E-state index contributed by atoms with van der Waals surface area (Å²) in [6.45, 7) is 0.288. The van der Waals surface area contributed by atoms with E-state index in [4.69, 9.17) is 5.26 Å². The minimum absolute atomic E-state index is 0.0303. The Balaban J connectivity index is 2.08. The molecule has 0 fully saturated rings. The van der Waals surface area contributed by atoms with Crippen molar-refractivity contribution in [2.45, 2.75) is 23.8 Å². The molecular weight excluding hydrogens is 314 g/mol. The summed E-state index contributed by atoms with van der Waals surface area (Å²) in [7, 11) is -3.80. The second-order valence-corrected chi connectivity index (χ2v) is 7.15. The molecule has 1 N–H and O–H groups in total. The van der Waals surface area contributed by atoms with E-state index in [9.17, 15) is 13.5 Å². The van der Waals surface area contributed by atoms with Crippen LogP contribution in [0.15, 0.2) is 47.5 Å². The van der Waals surface area contributed by atoms with Crippen LogP contribution < -0.4 is 4.31 Å². The van der Waals surface area contributed by atoms with E-state index in [1.54, 1.807) is 24.3 Å². The molecule has 0 saturated carbocycles. The molecule has 6 nitrogen and oxygen atoms in total. The minimum atomic E-state index is -3.80. The first kappa shape index (κ1) is 15.5. The zero-order chi connectivity index (χ0) is 16.4. The predicted octanol–water partition coefficient (Wildman–Crippen LogP) is 1.98. The fourth-order valence-electron chi connectivity index (χ4n) is 2.68. The third kappa shape index (κ3) is 2.79. The summed E-state index contributed by atoms with van der Waals surface area (Å²) < 4.78 is 27.2. The number of hydrogen-bond donors (Lipinski definition) is 1. The zero-order valence-corrected chi connectivity index (χ0v) is 13.1. The largest absolute Gasteiger partial charge is 0.388 e. The number of rotatable bonds is 2. The molecule has 1 atom stereocenters. The molecule has 2 heterocycles. The van der Waals surface area contributed by atoms with Crippen LogP contribution in [-0.2, 0) is 10.0 Å². The van der Waals surface area contributed by atoms with Crippen molar-refractivity contribution in [3.8, 4) is 6.07 Å². The van der Waals surface area contributed by atoms with E-state index >= 15 is 0 Å². The number of nitrogens with zero attached hydrogens (tertiary/aromatic N) is 3. The van der Waals surface area contributed by atoms with Gasteiger partial charge < -0.3 is 5.11 Å². The maximum absolute atomic E-state index is 12.9. The van der Waals surface area contributed by atoms with Crippen LogP contribution in [0.2, 0.25) is 0 Å². The van der Waals surface area contributed by atoms with Crippen molar-refractivity contribution in [3.05, 3.63) is 53.9 Å². The van der Waals surface area contributed by atoms with E-state index in [1.807, 2.05) is 6.07 Å². The molecule has 118 valence electrons. The van der Waals surface area contributed by atoms with Gasteiger partial charge in [0.25, 0.3) is 10.0 Å². The molecule has 0 amide bonds. The number of benzene rings is 1. The molecule has 1 aromatic heterocycles. The average Bonchev–Trinajstić information content (AvgIpc) is 2.75. The molecule has 1 aliphatic rings. The number of anilines is 1. The van der Waals surface area contributed by atoms with E-state index < -0.39 is 16.1 Å². The number of pyridine rings is 1. The smallest absolute Gasteiger partial charge is 0.265 e. The topological polar surface area (TPSA) is 94.3 Å². The van der Waals surface area contributed by atoms with Gasteiger partial charge in [-0.1, -0.05) is 18.2 Å². The highest BCUT2D eigenvalue weighted by Gasteiger charge is 2.30. The molecule has 0 aliphatic carbocycles.